The Morgan fingerprint density at radius 2 is 1.83 bits per heavy atom. The number of nitrogens with one attached hydrogen (secondary N) is 1. The van der Waals surface area contributed by atoms with Crippen molar-refractivity contribution in [3.05, 3.63) is 89.7 Å². The van der Waals surface area contributed by atoms with E-state index in [9.17, 15) is 13.2 Å². The van der Waals surface area contributed by atoms with Gasteiger partial charge in [-0.1, -0.05) is 24.3 Å². The van der Waals surface area contributed by atoms with E-state index >= 15 is 0 Å². The number of nitrogens with zero attached hydrogens (tertiary/aromatic N) is 2. The number of amides is 1. The van der Waals surface area contributed by atoms with Crippen molar-refractivity contribution in [1.82, 2.24) is 10.3 Å². The number of aromatic nitrogens is 1. The van der Waals surface area contributed by atoms with Gasteiger partial charge in [0.25, 0.3) is 15.9 Å². The number of pyridine rings is 1. The Hall–Kier alpha value is -3.19. The number of aryl methyl sites for hydroxylation is 1. The molecular formula is C22H21N3O3S. The molecule has 2 aromatic carbocycles. The van der Waals surface area contributed by atoms with Crippen molar-refractivity contribution in [2.45, 2.75) is 24.3 Å². The SMILES string of the molecule is O=C(NCc1ccccn1)c1ccc2c(c1)CCCN2S(=O)(=O)c1ccccc1. The summed E-state index contributed by atoms with van der Waals surface area (Å²) in [5, 5.41) is 2.86. The normalized spacial score (nSPS) is 13.6. The maximum atomic E-state index is 13.1. The first kappa shape index (κ1) is 19.1. The van der Waals surface area contributed by atoms with Crippen LogP contribution in [-0.4, -0.2) is 25.9 Å². The van der Waals surface area contributed by atoms with Gasteiger partial charge in [-0.25, -0.2) is 8.42 Å². The summed E-state index contributed by atoms with van der Waals surface area (Å²) in [6.45, 7) is 0.765. The maximum Gasteiger partial charge on any atom is 0.264 e. The van der Waals surface area contributed by atoms with Crippen LogP contribution in [0.1, 0.15) is 28.0 Å². The highest BCUT2D eigenvalue weighted by Gasteiger charge is 2.29. The lowest BCUT2D eigenvalue weighted by atomic mass is 10.0. The monoisotopic (exact) mass is 407 g/mol. The van der Waals surface area contributed by atoms with Crippen molar-refractivity contribution >= 4 is 21.6 Å². The summed E-state index contributed by atoms with van der Waals surface area (Å²) < 4.78 is 27.6. The molecule has 0 saturated carbocycles. The van der Waals surface area contributed by atoms with Crippen LogP contribution in [0.2, 0.25) is 0 Å². The predicted molar refractivity (Wildman–Crippen MR) is 111 cm³/mol. The van der Waals surface area contributed by atoms with Crippen molar-refractivity contribution in [3.8, 4) is 0 Å². The zero-order chi connectivity index (χ0) is 20.3. The van der Waals surface area contributed by atoms with Gasteiger partial charge in [-0.05, 0) is 60.9 Å². The van der Waals surface area contributed by atoms with Crippen LogP contribution in [0.3, 0.4) is 0 Å². The number of carbonyl (C=O) groups is 1. The van der Waals surface area contributed by atoms with Crippen molar-refractivity contribution in [3.63, 3.8) is 0 Å². The molecule has 1 N–H and O–H groups in total. The van der Waals surface area contributed by atoms with Gasteiger partial charge in [0.2, 0.25) is 0 Å². The summed E-state index contributed by atoms with van der Waals surface area (Å²) in [6.07, 6.45) is 3.12. The molecule has 2 heterocycles. The van der Waals surface area contributed by atoms with Crippen LogP contribution in [0.4, 0.5) is 5.69 Å². The third kappa shape index (κ3) is 4.00. The molecule has 0 radical (unpaired) electrons. The molecule has 0 spiro atoms. The Morgan fingerprint density at radius 3 is 2.59 bits per heavy atom. The number of carbonyl (C=O) groups excluding carboxylic acids is 1. The zero-order valence-corrected chi connectivity index (χ0v) is 16.6. The number of fused-ring (bicyclic) bond motifs is 1. The highest BCUT2D eigenvalue weighted by atomic mass is 32.2. The average Bonchev–Trinajstić information content (AvgIpc) is 2.78. The second-order valence-corrected chi connectivity index (χ2v) is 8.70. The van der Waals surface area contributed by atoms with E-state index in [2.05, 4.69) is 10.3 Å². The Kier molecular flexibility index (Phi) is 5.31. The molecule has 0 fully saturated rings. The molecule has 1 aromatic heterocycles. The molecule has 0 aliphatic carbocycles. The summed E-state index contributed by atoms with van der Waals surface area (Å²) in [6, 6.07) is 19.1. The highest BCUT2D eigenvalue weighted by Crippen LogP contribution is 2.32. The Labute approximate surface area is 170 Å². The third-order valence-electron chi connectivity index (χ3n) is 4.91. The molecule has 3 aromatic rings. The molecule has 7 heteroatoms. The van der Waals surface area contributed by atoms with Crippen LogP contribution < -0.4 is 9.62 Å². The topological polar surface area (TPSA) is 79.4 Å². The first-order chi connectivity index (χ1) is 14.1. The van der Waals surface area contributed by atoms with Crippen LogP contribution in [0, 0.1) is 0 Å². The molecular weight excluding hydrogens is 386 g/mol. The van der Waals surface area contributed by atoms with Crippen molar-refractivity contribution in [2.24, 2.45) is 0 Å². The minimum absolute atomic E-state index is 0.207. The molecule has 148 valence electrons. The van der Waals surface area contributed by atoms with Crippen LogP contribution in [0.15, 0.2) is 77.8 Å². The van der Waals surface area contributed by atoms with Crippen LogP contribution in [0.25, 0.3) is 0 Å². The highest BCUT2D eigenvalue weighted by molar-refractivity contribution is 7.92. The number of rotatable bonds is 5. The van der Waals surface area contributed by atoms with E-state index in [1.54, 1.807) is 54.7 Å². The number of sulfonamides is 1. The molecule has 1 amide bonds. The number of benzene rings is 2. The molecule has 0 atom stereocenters. The maximum absolute atomic E-state index is 13.1. The van der Waals surface area contributed by atoms with E-state index in [-0.39, 0.29) is 10.8 Å². The second-order valence-electron chi connectivity index (χ2n) is 6.84. The molecule has 0 unspecified atom stereocenters. The van der Waals surface area contributed by atoms with E-state index in [1.807, 2.05) is 18.2 Å². The van der Waals surface area contributed by atoms with Crippen LogP contribution >= 0.6 is 0 Å². The van der Waals surface area contributed by atoms with E-state index in [0.29, 0.717) is 30.8 Å². The van der Waals surface area contributed by atoms with Crippen LogP contribution in [-0.2, 0) is 23.0 Å². The summed E-state index contributed by atoms with van der Waals surface area (Å²) in [4.78, 5) is 17.0. The van der Waals surface area contributed by atoms with E-state index in [0.717, 1.165) is 17.7 Å². The van der Waals surface area contributed by atoms with E-state index in [4.69, 9.17) is 0 Å². The fraction of sp³-hybridized carbons (Fsp3) is 0.182. The summed E-state index contributed by atoms with van der Waals surface area (Å²) in [5.41, 5.74) is 2.79. The number of hydrogen-bond acceptors (Lipinski definition) is 4. The quantitative estimate of drug-likeness (QED) is 0.705. The van der Waals surface area contributed by atoms with Gasteiger partial charge in [-0.15, -0.1) is 0 Å². The largest absolute Gasteiger partial charge is 0.346 e. The summed E-state index contributed by atoms with van der Waals surface area (Å²) in [7, 11) is -3.63. The Balaban J connectivity index is 1.56. The molecule has 0 bridgehead atoms. The van der Waals surface area contributed by atoms with E-state index < -0.39 is 10.0 Å². The van der Waals surface area contributed by atoms with Crippen molar-refractivity contribution in [1.29, 1.82) is 0 Å². The molecule has 1 aliphatic heterocycles. The van der Waals surface area contributed by atoms with Gasteiger partial charge >= 0.3 is 0 Å². The first-order valence-electron chi connectivity index (χ1n) is 9.44. The third-order valence-corrected chi connectivity index (χ3v) is 6.73. The standard InChI is InChI=1S/C22H21N3O3S/c26-22(24-16-19-8-4-5-13-23-19)18-11-12-21-17(15-18)7-6-14-25(21)29(27,28)20-9-2-1-3-10-20/h1-5,8-13,15H,6-7,14,16H2,(H,24,26). The number of anilines is 1. The van der Waals surface area contributed by atoms with Gasteiger partial charge < -0.3 is 5.32 Å². The number of hydrogen-bond donors (Lipinski definition) is 1. The molecule has 6 nitrogen and oxygen atoms in total. The van der Waals surface area contributed by atoms with Gasteiger partial charge in [0.05, 0.1) is 22.8 Å². The lowest BCUT2D eigenvalue weighted by molar-refractivity contribution is 0.0950. The fourth-order valence-corrected chi connectivity index (χ4v) is 5.01. The predicted octanol–water partition coefficient (Wildman–Crippen LogP) is 3.15. The molecule has 4 rings (SSSR count). The average molecular weight is 407 g/mol. The van der Waals surface area contributed by atoms with E-state index in [1.165, 1.54) is 4.31 Å². The minimum Gasteiger partial charge on any atom is -0.346 e. The minimum atomic E-state index is -3.63. The Morgan fingerprint density at radius 1 is 1.03 bits per heavy atom. The molecule has 0 saturated heterocycles. The fourth-order valence-electron chi connectivity index (χ4n) is 3.45. The Bertz CT molecular complexity index is 1120. The second kappa shape index (κ2) is 8.05. The van der Waals surface area contributed by atoms with Gasteiger partial charge in [-0.3, -0.25) is 14.1 Å². The van der Waals surface area contributed by atoms with Crippen molar-refractivity contribution < 1.29 is 13.2 Å². The van der Waals surface area contributed by atoms with Gasteiger partial charge in [0, 0.05) is 18.3 Å². The smallest absolute Gasteiger partial charge is 0.264 e. The van der Waals surface area contributed by atoms with Crippen LogP contribution in [0.5, 0.6) is 0 Å². The lowest BCUT2D eigenvalue weighted by Crippen LogP contribution is -2.35. The van der Waals surface area contributed by atoms with Gasteiger partial charge in [0.15, 0.2) is 0 Å². The molecule has 29 heavy (non-hydrogen) atoms. The lowest BCUT2D eigenvalue weighted by Gasteiger charge is -2.30. The zero-order valence-electron chi connectivity index (χ0n) is 15.8. The van der Waals surface area contributed by atoms with Crippen molar-refractivity contribution in [2.75, 3.05) is 10.8 Å². The first-order valence-corrected chi connectivity index (χ1v) is 10.9. The molecule has 1 aliphatic rings. The summed E-state index contributed by atoms with van der Waals surface area (Å²) >= 11 is 0. The summed E-state index contributed by atoms with van der Waals surface area (Å²) in [5.74, 6) is -0.207. The van der Waals surface area contributed by atoms with Gasteiger partial charge in [0.1, 0.15) is 0 Å². The van der Waals surface area contributed by atoms with Gasteiger partial charge in [-0.2, -0.15) is 0 Å².